The van der Waals surface area contributed by atoms with Crippen LogP contribution in [0.25, 0.3) is 0 Å². The molecule has 0 aliphatic rings. The van der Waals surface area contributed by atoms with E-state index in [9.17, 15) is 9.59 Å². The zero-order chi connectivity index (χ0) is 23.1. The van der Waals surface area contributed by atoms with Crippen LogP contribution in [0.15, 0.2) is 12.2 Å². The van der Waals surface area contributed by atoms with Crippen LogP contribution in [0, 0.1) is 0 Å². The molecule has 0 aliphatic carbocycles. The number of rotatable bonds is 16. The van der Waals surface area contributed by atoms with Gasteiger partial charge in [0.2, 0.25) is 0 Å². The number of hydrogen-bond acceptors (Lipinski definition) is 6. The molecule has 2 N–H and O–H groups in total. The Morgan fingerprint density at radius 2 is 1.20 bits per heavy atom. The van der Waals surface area contributed by atoms with E-state index in [-0.39, 0.29) is 13.0 Å². The Kier molecular flexibility index (Phi) is 22.8. The minimum absolute atomic E-state index is 0.222. The van der Waals surface area contributed by atoms with Gasteiger partial charge < -0.3 is 9.47 Å². The molecule has 0 rings (SSSR count). The van der Waals surface area contributed by atoms with Crippen molar-refractivity contribution in [3.8, 4) is 0 Å². The second-order valence-electron chi connectivity index (χ2n) is 6.94. The van der Waals surface area contributed by atoms with Gasteiger partial charge in [-0.2, -0.15) is 8.42 Å². The summed E-state index contributed by atoms with van der Waals surface area (Å²) in [5.41, 5.74) is 0. The van der Waals surface area contributed by atoms with Crippen molar-refractivity contribution < 1.29 is 36.6 Å². The van der Waals surface area contributed by atoms with Gasteiger partial charge in [0, 0.05) is 6.42 Å². The highest BCUT2D eigenvalue weighted by Crippen LogP contribution is 2.10. The molecule has 0 unspecified atom stereocenters. The predicted octanol–water partition coefficient (Wildman–Crippen LogP) is 6.07. The molecule has 9 heteroatoms. The van der Waals surface area contributed by atoms with E-state index in [1.54, 1.807) is 6.92 Å². The molecular weight excluding hydrogens is 412 g/mol. The number of hydrogen-bond donors (Lipinski definition) is 2. The maximum Gasteiger partial charge on any atom is 0.516 e. The molecule has 0 aromatic heterocycles. The lowest BCUT2D eigenvalue weighted by molar-refractivity contribution is -0.139. The highest BCUT2D eigenvalue weighted by molar-refractivity contribution is 7.79. The van der Waals surface area contributed by atoms with Crippen LogP contribution in [-0.4, -0.2) is 36.3 Å². The standard InChI is InChI=1S/C21H38O4.H2O4S/c1-3-5-6-7-8-9-10-11-12-13-14-15-16-17-18-19-20(22)25-21(23)24-4-2;1-5(2,3)4/h11-12H,3-10,13-19H2,1-2H3;(H2,1,2,3,4). The van der Waals surface area contributed by atoms with E-state index in [1.807, 2.05) is 0 Å². The van der Waals surface area contributed by atoms with Crippen molar-refractivity contribution in [2.75, 3.05) is 6.61 Å². The van der Waals surface area contributed by atoms with E-state index in [1.165, 1.54) is 57.8 Å². The van der Waals surface area contributed by atoms with Gasteiger partial charge in [0.1, 0.15) is 0 Å². The minimum Gasteiger partial charge on any atom is -0.434 e. The van der Waals surface area contributed by atoms with Crippen LogP contribution < -0.4 is 0 Å². The monoisotopic (exact) mass is 452 g/mol. The van der Waals surface area contributed by atoms with Crippen molar-refractivity contribution in [3.05, 3.63) is 12.2 Å². The Bertz CT molecular complexity index is 535. The smallest absolute Gasteiger partial charge is 0.434 e. The highest BCUT2D eigenvalue weighted by Gasteiger charge is 2.10. The molecule has 178 valence electrons. The predicted molar refractivity (Wildman–Crippen MR) is 117 cm³/mol. The van der Waals surface area contributed by atoms with Gasteiger partial charge in [0.15, 0.2) is 0 Å². The van der Waals surface area contributed by atoms with Gasteiger partial charge in [0.05, 0.1) is 6.61 Å². The first-order valence-electron chi connectivity index (χ1n) is 10.9. The van der Waals surface area contributed by atoms with E-state index in [2.05, 4.69) is 28.5 Å². The maximum absolute atomic E-state index is 11.3. The van der Waals surface area contributed by atoms with Crippen LogP contribution in [0.5, 0.6) is 0 Å². The Morgan fingerprint density at radius 1 is 0.767 bits per heavy atom. The Labute approximate surface area is 182 Å². The third kappa shape index (κ3) is 34.1. The minimum atomic E-state index is -4.67. The first kappa shape index (κ1) is 30.7. The van der Waals surface area contributed by atoms with E-state index >= 15 is 0 Å². The van der Waals surface area contributed by atoms with Crippen LogP contribution in [0.1, 0.15) is 104 Å². The first-order chi connectivity index (χ1) is 14.2. The lowest BCUT2D eigenvalue weighted by Gasteiger charge is -2.03. The molecule has 0 spiro atoms. The van der Waals surface area contributed by atoms with Gasteiger partial charge in [-0.05, 0) is 39.0 Å². The number of ether oxygens (including phenoxy) is 2. The fraction of sp³-hybridized carbons (Fsp3) is 0.810. The molecule has 0 aromatic carbocycles. The van der Waals surface area contributed by atoms with Crippen LogP contribution >= 0.6 is 0 Å². The fourth-order valence-electron chi connectivity index (χ4n) is 2.63. The van der Waals surface area contributed by atoms with Crippen molar-refractivity contribution in [2.24, 2.45) is 0 Å². The van der Waals surface area contributed by atoms with Gasteiger partial charge >= 0.3 is 22.5 Å². The molecule has 0 atom stereocenters. The molecule has 0 fully saturated rings. The second kappa shape index (κ2) is 22.2. The summed E-state index contributed by atoms with van der Waals surface area (Å²) in [5, 5.41) is 0. The zero-order valence-corrected chi connectivity index (χ0v) is 19.3. The first-order valence-corrected chi connectivity index (χ1v) is 12.3. The van der Waals surface area contributed by atoms with Crippen molar-refractivity contribution in [1.29, 1.82) is 0 Å². The lowest BCUT2D eigenvalue weighted by Crippen LogP contribution is -2.13. The van der Waals surface area contributed by atoms with Crippen molar-refractivity contribution in [2.45, 2.75) is 104 Å². The molecule has 8 nitrogen and oxygen atoms in total. The van der Waals surface area contributed by atoms with E-state index < -0.39 is 22.5 Å². The van der Waals surface area contributed by atoms with E-state index in [0.717, 1.165) is 25.7 Å². The summed E-state index contributed by atoms with van der Waals surface area (Å²) in [5.74, 6) is -0.490. The third-order valence-corrected chi connectivity index (χ3v) is 4.10. The van der Waals surface area contributed by atoms with E-state index in [0.29, 0.717) is 0 Å². The fourth-order valence-corrected chi connectivity index (χ4v) is 2.63. The topological polar surface area (TPSA) is 127 Å². The van der Waals surface area contributed by atoms with E-state index in [4.69, 9.17) is 17.5 Å². The Balaban J connectivity index is 0. The summed E-state index contributed by atoms with van der Waals surface area (Å²) >= 11 is 0. The summed E-state index contributed by atoms with van der Waals surface area (Å²) < 4.78 is 40.6. The molecule has 0 heterocycles. The van der Waals surface area contributed by atoms with Crippen LogP contribution in [0.3, 0.4) is 0 Å². The molecule has 0 radical (unpaired) electrons. The van der Waals surface area contributed by atoms with Gasteiger partial charge in [-0.3, -0.25) is 13.9 Å². The maximum atomic E-state index is 11.3. The summed E-state index contributed by atoms with van der Waals surface area (Å²) in [6.45, 7) is 4.15. The molecule has 0 bridgehead atoms. The number of carbonyl (C=O) groups excluding carboxylic acids is 2. The Hall–Kier alpha value is -1.45. The number of allylic oxidation sites excluding steroid dienone is 2. The summed E-state index contributed by atoms with van der Waals surface area (Å²) in [6, 6.07) is 0. The zero-order valence-electron chi connectivity index (χ0n) is 18.5. The van der Waals surface area contributed by atoms with Gasteiger partial charge in [-0.25, -0.2) is 4.79 Å². The largest absolute Gasteiger partial charge is 0.516 e. The molecule has 0 saturated heterocycles. The molecule has 30 heavy (non-hydrogen) atoms. The SMILES string of the molecule is CCCCCCCCC=CCCCCCCCC(=O)OC(=O)OCC.O=S(=O)(O)O. The van der Waals surface area contributed by atoms with Crippen molar-refractivity contribution >= 4 is 22.5 Å². The summed E-state index contributed by atoms with van der Waals surface area (Å²) in [4.78, 5) is 22.3. The average molecular weight is 453 g/mol. The normalized spacial score (nSPS) is 11.1. The Morgan fingerprint density at radius 3 is 1.67 bits per heavy atom. The van der Waals surface area contributed by atoms with Gasteiger partial charge in [-0.15, -0.1) is 0 Å². The second-order valence-corrected chi connectivity index (χ2v) is 7.83. The van der Waals surface area contributed by atoms with Crippen molar-refractivity contribution in [1.82, 2.24) is 0 Å². The number of carbonyl (C=O) groups is 2. The van der Waals surface area contributed by atoms with Gasteiger partial charge in [-0.1, -0.05) is 70.4 Å². The van der Waals surface area contributed by atoms with Crippen molar-refractivity contribution in [3.63, 3.8) is 0 Å². The number of esters is 1. The highest BCUT2D eigenvalue weighted by atomic mass is 32.3. The van der Waals surface area contributed by atoms with Crippen LogP contribution in [0.2, 0.25) is 0 Å². The number of unbranched alkanes of at least 4 members (excludes halogenated alkanes) is 11. The van der Waals surface area contributed by atoms with Crippen LogP contribution in [0.4, 0.5) is 4.79 Å². The molecule has 0 aromatic rings. The molecule has 0 saturated carbocycles. The third-order valence-electron chi connectivity index (χ3n) is 4.10. The quantitative estimate of drug-likeness (QED) is 0.0949. The van der Waals surface area contributed by atoms with Crippen LogP contribution in [-0.2, 0) is 24.7 Å². The lowest BCUT2D eigenvalue weighted by atomic mass is 10.1. The molecule has 0 aliphatic heterocycles. The average Bonchev–Trinajstić information content (AvgIpc) is 2.63. The van der Waals surface area contributed by atoms with Gasteiger partial charge in [0.25, 0.3) is 0 Å². The molecular formula is C21H40O8S. The summed E-state index contributed by atoms with van der Waals surface area (Å²) in [6.07, 6.45) is 19.8. The summed E-state index contributed by atoms with van der Waals surface area (Å²) in [7, 11) is -4.67. The molecule has 0 amide bonds.